The van der Waals surface area contributed by atoms with E-state index in [-0.39, 0.29) is 11.9 Å². The van der Waals surface area contributed by atoms with Crippen molar-refractivity contribution in [2.45, 2.75) is 37.6 Å². The third-order valence-corrected chi connectivity index (χ3v) is 5.33. The third kappa shape index (κ3) is 3.22. The molecule has 24 heavy (non-hydrogen) atoms. The molecule has 1 amide bonds. The van der Waals surface area contributed by atoms with E-state index in [1.807, 2.05) is 12.1 Å². The smallest absolute Gasteiger partial charge is 0.251 e. The second-order valence-electron chi connectivity index (χ2n) is 7.01. The molecule has 1 aliphatic carbocycles. The Morgan fingerprint density at radius 2 is 1.71 bits per heavy atom. The summed E-state index contributed by atoms with van der Waals surface area (Å²) < 4.78 is 0. The number of rotatable bonds is 3. The molecule has 3 heteroatoms. The zero-order valence-electron chi connectivity index (χ0n) is 13.9. The van der Waals surface area contributed by atoms with Crippen molar-refractivity contribution in [1.29, 1.82) is 0 Å². The lowest BCUT2D eigenvalue weighted by atomic mass is 9.91. The standard InChI is InChI=1S/C21H24N2O/c24-21(23-20-12-17-4-1-2-5-18(17)13-20)16-9-7-15(8-10-16)19-6-3-11-22-14-19/h1-2,4-5,7-10,19-20,22H,3,6,11-14H2,(H,23,24). The van der Waals surface area contributed by atoms with Crippen LogP contribution in [0.4, 0.5) is 0 Å². The van der Waals surface area contributed by atoms with Crippen LogP contribution in [0.3, 0.4) is 0 Å². The van der Waals surface area contributed by atoms with Crippen molar-refractivity contribution in [1.82, 2.24) is 10.6 Å². The molecule has 2 aromatic rings. The maximum absolute atomic E-state index is 12.5. The van der Waals surface area contributed by atoms with Crippen molar-refractivity contribution < 1.29 is 4.79 Å². The van der Waals surface area contributed by atoms with Crippen LogP contribution >= 0.6 is 0 Å². The average Bonchev–Trinajstić information content (AvgIpc) is 3.05. The number of carbonyl (C=O) groups is 1. The quantitative estimate of drug-likeness (QED) is 0.912. The van der Waals surface area contributed by atoms with E-state index >= 15 is 0 Å². The number of fused-ring (bicyclic) bond motifs is 1. The van der Waals surface area contributed by atoms with Gasteiger partial charge in [0.15, 0.2) is 0 Å². The van der Waals surface area contributed by atoms with Crippen LogP contribution in [-0.2, 0) is 12.8 Å². The first kappa shape index (κ1) is 15.4. The van der Waals surface area contributed by atoms with Gasteiger partial charge in [-0.15, -0.1) is 0 Å². The fourth-order valence-corrected chi connectivity index (χ4v) is 3.97. The lowest BCUT2D eigenvalue weighted by molar-refractivity contribution is 0.0938. The molecule has 4 rings (SSSR count). The molecule has 1 atom stereocenters. The number of amides is 1. The van der Waals surface area contributed by atoms with Gasteiger partial charge in [0, 0.05) is 18.2 Å². The van der Waals surface area contributed by atoms with Crippen LogP contribution < -0.4 is 10.6 Å². The van der Waals surface area contributed by atoms with Gasteiger partial charge in [0.05, 0.1) is 0 Å². The Labute approximate surface area is 143 Å². The number of carbonyl (C=O) groups excluding carboxylic acids is 1. The summed E-state index contributed by atoms with van der Waals surface area (Å²) in [5.41, 5.74) is 4.83. The summed E-state index contributed by atoms with van der Waals surface area (Å²) in [7, 11) is 0. The lowest BCUT2D eigenvalue weighted by Crippen LogP contribution is -2.35. The van der Waals surface area contributed by atoms with E-state index in [4.69, 9.17) is 0 Å². The molecule has 1 saturated heterocycles. The summed E-state index contributed by atoms with van der Waals surface area (Å²) in [6.07, 6.45) is 4.34. The highest BCUT2D eigenvalue weighted by Gasteiger charge is 2.23. The van der Waals surface area contributed by atoms with Crippen LogP contribution in [0, 0.1) is 0 Å². The number of nitrogens with one attached hydrogen (secondary N) is 2. The van der Waals surface area contributed by atoms with E-state index in [0.29, 0.717) is 5.92 Å². The predicted molar refractivity (Wildman–Crippen MR) is 96.4 cm³/mol. The summed E-state index contributed by atoms with van der Waals surface area (Å²) in [6, 6.07) is 16.9. The van der Waals surface area contributed by atoms with E-state index < -0.39 is 0 Å². The van der Waals surface area contributed by atoms with Gasteiger partial charge in [-0.1, -0.05) is 36.4 Å². The van der Waals surface area contributed by atoms with Crippen molar-refractivity contribution in [2.75, 3.05) is 13.1 Å². The molecule has 3 nitrogen and oxygen atoms in total. The van der Waals surface area contributed by atoms with E-state index in [0.717, 1.165) is 31.5 Å². The highest BCUT2D eigenvalue weighted by atomic mass is 16.1. The van der Waals surface area contributed by atoms with Crippen molar-refractivity contribution in [2.24, 2.45) is 0 Å². The number of hydrogen-bond acceptors (Lipinski definition) is 2. The summed E-state index contributed by atoms with van der Waals surface area (Å²) in [6.45, 7) is 2.17. The predicted octanol–water partition coefficient (Wildman–Crippen LogP) is 3.05. The Hall–Kier alpha value is -2.13. The highest BCUT2D eigenvalue weighted by Crippen LogP contribution is 2.24. The van der Waals surface area contributed by atoms with E-state index in [1.54, 1.807) is 0 Å². The Kier molecular flexibility index (Phi) is 4.35. The Balaban J connectivity index is 1.38. The molecule has 0 aromatic heterocycles. The Morgan fingerprint density at radius 3 is 2.33 bits per heavy atom. The second kappa shape index (κ2) is 6.78. The van der Waals surface area contributed by atoms with Crippen LogP contribution in [0.25, 0.3) is 0 Å². The normalized spacial score (nSPS) is 20.6. The fraction of sp³-hybridized carbons (Fsp3) is 0.381. The molecule has 0 saturated carbocycles. The SMILES string of the molecule is O=C(NC1Cc2ccccc2C1)c1ccc(C2CCCNC2)cc1. The van der Waals surface area contributed by atoms with Crippen LogP contribution in [-0.4, -0.2) is 25.0 Å². The number of piperidine rings is 1. The summed E-state index contributed by atoms with van der Waals surface area (Å²) in [5, 5.41) is 6.64. The lowest BCUT2D eigenvalue weighted by Gasteiger charge is -2.23. The van der Waals surface area contributed by atoms with Crippen LogP contribution in [0.2, 0.25) is 0 Å². The zero-order valence-corrected chi connectivity index (χ0v) is 13.9. The topological polar surface area (TPSA) is 41.1 Å². The van der Waals surface area contributed by atoms with E-state index in [9.17, 15) is 4.79 Å². The monoisotopic (exact) mass is 320 g/mol. The molecule has 2 aromatic carbocycles. The third-order valence-electron chi connectivity index (χ3n) is 5.33. The minimum absolute atomic E-state index is 0.0427. The molecule has 2 N–H and O–H groups in total. The van der Waals surface area contributed by atoms with Gasteiger partial charge < -0.3 is 10.6 Å². The van der Waals surface area contributed by atoms with E-state index in [1.165, 1.54) is 29.5 Å². The molecule has 2 aliphatic rings. The first-order chi connectivity index (χ1) is 11.8. The molecule has 1 fully saturated rings. The summed E-state index contributed by atoms with van der Waals surface area (Å²) >= 11 is 0. The number of benzene rings is 2. The fourth-order valence-electron chi connectivity index (χ4n) is 3.97. The molecular formula is C21H24N2O. The van der Waals surface area contributed by atoms with Crippen LogP contribution in [0.5, 0.6) is 0 Å². The maximum atomic E-state index is 12.5. The van der Waals surface area contributed by atoms with Gasteiger partial charge in [-0.2, -0.15) is 0 Å². The van der Waals surface area contributed by atoms with Gasteiger partial charge in [-0.25, -0.2) is 0 Å². The molecule has 0 radical (unpaired) electrons. The van der Waals surface area contributed by atoms with Gasteiger partial charge in [0.1, 0.15) is 0 Å². The molecule has 0 spiro atoms. The number of hydrogen-bond donors (Lipinski definition) is 2. The van der Waals surface area contributed by atoms with Gasteiger partial charge in [-0.3, -0.25) is 4.79 Å². The minimum Gasteiger partial charge on any atom is -0.349 e. The van der Waals surface area contributed by atoms with Crippen LogP contribution in [0.15, 0.2) is 48.5 Å². The minimum atomic E-state index is 0.0427. The second-order valence-corrected chi connectivity index (χ2v) is 7.01. The molecule has 124 valence electrons. The van der Waals surface area contributed by atoms with Gasteiger partial charge in [0.25, 0.3) is 5.91 Å². The molecule has 1 aliphatic heterocycles. The van der Waals surface area contributed by atoms with Crippen molar-refractivity contribution in [3.8, 4) is 0 Å². The van der Waals surface area contributed by atoms with Gasteiger partial charge >= 0.3 is 0 Å². The van der Waals surface area contributed by atoms with Crippen molar-refractivity contribution in [3.63, 3.8) is 0 Å². The molecular weight excluding hydrogens is 296 g/mol. The first-order valence-electron chi connectivity index (χ1n) is 8.98. The van der Waals surface area contributed by atoms with Crippen LogP contribution in [0.1, 0.15) is 45.8 Å². The zero-order chi connectivity index (χ0) is 16.4. The van der Waals surface area contributed by atoms with E-state index in [2.05, 4.69) is 47.0 Å². The maximum Gasteiger partial charge on any atom is 0.251 e. The molecule has 1 unspecified atom stereocenters. The van der Waals surface area contributed by atoms with Gasteiger partial charge in [0.2, 0.25) is 0 Å². The average molecular weight is 320 g/mol. The summed E-state index contributed by atoms with van der Waals surface area (Å²) in [4.78, 5) is 12.5. The van der Waals surface area contributed by atoms with Crippen molar-refractivity contribution in [3.05, 3.63) is 70.8 Å². The Bertz CT molecular complexity index is 692. The first-order valence-corrected chi connectivity index (χ1v) is 8.98. The molecule has 1 heterocycles. The highest BCUT2D eigenvalue weighted by molar-refractivity contribution is 5.94. The molecule has 0 bridgehead atoms. The largest absolute Gasteiger partial charge is 0.349 e. The van der Waals surface area contributed by atoms with Gasteiger partial charge in [-0.05, 0) is 67.0 Å². The van der Waals surface area contributed by atoms with Crippen molar-refractivity contribution >= 4 is 5.91 Å². The Morgan fingerprint density at radius 1 is 1.00 bits per heavy atom. The summed E-state index contributed by atoms with van der Waals surface area (Å²) in [5.74, 6) is 0.626.